The molecule has 1 N–H and O–H groups in total. The van der Waals surface area contributed by atoms with Crippen molar-refractivity contribution in [3.8, 4) is 0 Å². The minimum atomic E-state index is -0.164. The smallest absolute Gasteiger partial charge is 0.207 e. The molecule has 2 heteroatoms. The molecule has 0 saturated carbocycles. The summed E-state index contributed by atoms with van der Waals surface area (Å²) in [6.45, 7) is 4.02. The number of carbonyl (C=O) groups excluding carboxylic acids is 1. The highest BCUT2D eigenvalue weighted by Crippen LogP contribution is 2.11. The Balaban J connectivity index is 2.63. The van der Waals surface area contributed by atoms with E-state index in [0.29, 0.717) is 0 Å². The van der Waals surface area contributed by atoms with Crippen LogP contribution in [0.2, 0.25) is 0 Å². The van der Waals surface area contributed by atoms with Gasteiger partial charge < -0.3 is 5.32 Å². The van der Waals surface area contributed by atoms with Gasteiger partial charge in [-0.05, 0) is 25.8 Å². The summed E-state index contributed by atoms with van der Waals surface area (Å²) in [6, 6.07) is 10.1. The van der Waals surface area contributed by atoms with E-state index in [2.05, 4.69) is 17.4 Å². The van der Waals surface area contributed by atoms with Crippen molar-refractivity contribution >= 4 is 6.41 Å². The Morgan fingerprint density at radius 3 is 2.46 bits per heavy atom. The molecule has 0 aliphatic heterocycles. The van der Waals surface area contributed by atoms with Crippen LogP contribution in [0, 0.1) is 0 Å². The zero-order valence-electron chi connectivity index (χ0n) is 8.08. The first-order valence-electron chi connectivity index (χ1n) is 4.39. The molecule has 1 aromatic rings. The van der Waals surface area contributed by atoms with Crippen molar-refractivity contribution in [2.75, 3.05) is 0 Å². The van der Waals surface area contributed by atoms with Gasteiger partial charge in [-0.15, -0.1) is 0 Å². The number of carbonyl (C=O) groups is 1. The molecule has 13 heavy (non-hydrogen) atoms. The molecule has 0 unspecified atom stereocenters. The van der Waals surface area contributed by atoms with Crippen LogP contribution in [0.5, 0.6) is 0 Å². The molecule has 0 fully saturated rings. The topological polar surface area (TPSA) is 29.1 Å². The summed E-state index contributed by atoms with van der Waals surface area (Å²) in [5.74, 6) is 0. The zero-order valence-corrected chi connectivity index (χ0v) is 8.08. The van der Waals surface area contributed by atoms with E-state index < -0.39 is 0 Å². The SMILES string of the molecule is CC(C)(Cc1ccccc1)NC=O. The Hall–Kier alpha value is -1.31. The zero-order chi connectivity index (χ0) is 9.73. The molecule has 1 aromatic carbocycles. The molecule has 0 saturated heterocycles. The van der Waals surface area contributed by atoms with Gasteiger partial charge in [-0.3, -0.25) is 4.79 Å². The van der Waals surface area contributed by atoms with Gasteiger partial charge in [0.25, 0.3) is 0 Å². The predicted octanol–water partition coefficient (Wildman–Crippen LogP) is 1.75. The molecule has 0 radical (unpaired) electrons. The second-order valence-electron chi connectivity index (χ2n) is 3.81. The maximum absolute atomic E-state index is 10.3. The quantitative estimate of drug-likeness (QED) is 0.697. The maximum Gasteiger partial charge on any atom is 0.207 e. The molecule has 0 aliphatic carbocycles. The summed E-state index contributed by atoms with van der Waals surface area (Å²) >= 11 is 0. The van der Waals surface area contributed by atoms with Crippen LogP contribution in [0.25, 0.3) is 0 Å². The number of benzene rings is 1. The van der Waals surface area contributed by atoms with E-state index in [1.807, 2.05) is 32.0 Å². The monoisotopic (exact) mass is 177 g/mol. The highest BCUT2D eigenvalue weighted by Gasteiger charge is 2.16. The summed E-state index contributed by atoms with van der Waals surface area (Å²) in [7, 11) is 0. The molecular weight excluding hydrogens is 162 g/mol. The lowest BCUT2D eigenvalue weighted by atomic mass is 9.95. The van der Waals surface area contributed by atoms with Crippen LogP contribution in [-0.4, -0.2) is 11.9 Å². The van der Waals surface area contributed by atoms with Gasteiger partial charge >= 0.3 is 0 Å². The Labute approximate surface area is 79.0 Å². The van der Waals surface area contributed by atoms with Gasteiger partial charge in [0.15, 0.2) is 0 Å². The van der Waals surface area contributed by atoms with Crippen molar-refractivity contribution in [3.05, 3.63) is 35.9 Å². The molecule has 0 aliphatic rings. The molecule has 1 rings (SSSR count). The average molecular weight is 177 g/mol. The van der Waals surface area contributed by atoms with Gasteiger partial charge in [0.2, 0.25) is 6.41 Å². The Morgan fingerprint density at radius 1 is 1.31 bits per heavy atom. The minimum Gasteiger partial charge on any atom is -0.353 e. The molecule has 2 nitrogen and oxygen atoms in total. The van der Waals surface area contributed by atoms with Crippen LogP contribution >= 0.6 is 0 Å². The predicted molar refractivity (Wildman–Crippen MR) is 53.4 cm³/mol. The van der Waals surface area contributed by atoms with Gasteiger partial charge in [-0.2, -0.15) is 0 Å². The first kappa shape index (κ1) is 9.78. The van der Waals surface area contributed by atoms with E-state index in [9.17, 15) is 4.79 Å². The lowest BCUT2D eigenvalue weighted by Gasteiger charge is -2.23. The third kappa shape index (κ3) is 3.28. The Bertz CT molecular complexity index is 267. The summed E-state index contributed by atoms with van der Waals surface area (Å²) in [5.41, 5.74) is 1.07. The highest BCUT2D eigenvalue weighted by atomic mass is 16.1. The number of hydrogen-bond donors (Lipinski definition) is 1. The second kappa shape index (κ2) is 4.08. The van der Waals surface area contributed by atoms with Gasteiger partial charge in [-0.1, -0.05) is 30.3 Å². The Kier molecular flexibility index (Phi) is 3.07. The van der Waals surface area contributed by atoms with E-state index >= 15 is 0 Å². The van der Waals surface area contributed by atoms with Crippen molar-refractivity contribution in [2.45, 2.75) is 25.8 Å². The third-order valence-electron chi connectivity index (χ3n) is 1.94. The summed E-state index contributed by atoms with van der Waals surface area (Å²) in [4.78, 5) is 10.3. The van der Waals surface area contributed by atoms with Crippen LogP contribution in [0.1, 0.15) is 19.4 Å². The number of rotatable bonds is 4. The summed E-state index contributed by atoms with van der Waals surface area (Å²) < 4.78 is 0. The summed E-state index contributed by atoms with van der Waals surface area (Å²) in [6.07, 6.45) is 1.61. The standard InChI is InChI=1S/C11H15NO/c1-11(2,12-9-13)8-10-6-4-3-5-7-10/h3-7,9H,8H2,1-2H3,(H,12,13). The molecule has 0 atom stereocenters. The van der Waals surface area contributed by atoms with E-state index in [4.69, 9.17) is 0 Å². The lowest BCUT2D eigenvalue weighted by molar-refractivity contribution is -0.110. The molecule has 70 valence electrons. The van der Waals surface area contributed by atoms with Gasteiger partial charge in [0.1, 0.15) is 0 Å². The molecule has 0 bridgehead atoms. The van der Waals surface area contributed by atoms with Crippen LogP contribution in [0.15, 0.2) is 30.3 Å². The Morgan fingerprint density at radius 2 is 1.92 bits per heavy atom. The molecule has 0 aromatic heterocycles. The van der Waals surface area contributed by atoms with E-state index in [1.165, 1.54) is 5.56 Å². The van der Waals surface area contributed by atoms with Crippen LogP contribution in [-0.2, 0) is 11.2 Å². The minimum absolute atomic E-state index is 0.164. The normalized spacial score (nSPS) is 10.9. The number of amides is 1. The number of nitrogens with one attached hydrogen (secondary N) is 1. The fourth-order valence-electron chi connectivity index (χ4n) is 1.32. The molecule has 0 spiro atoms. The lowest BCUT2D eigenvalue weighted by Crippen LogP contribution is -2.40. The fraction of sp³-hybridized carbons (Fsp3) is 0.364. The third-order valence-corrected chi connectivity index (χ3v) is 1.94. The summed E-state index contributed by atoms with van der Waals surface area (Å²) in [5, 5.41) is 2.79. The van der Waals surface area contributed by atoms with Crippen LogP contribution in [0.3, 0.4) is 0 Å². The fourth-order valence-corrected chi connectivity index (χ4v) is 1.32. The van der Waals surface area contributed by atoms with Crippen molar-refractivity contribution in [1.82, 2.24) is 5.32 Å². The first-order chi connectivity index (χ1) is 6.14. The van der Waals surface area contributed by atoms with Crippen molar-refractivity contribution in [2.24, 2.45) is 0 Å². The van der Waals surface area contributed by atoms with Gasteiger partial charge in [0.05, 0.1) is 0 Å². The van der Waals surface area contributed by atoms with E-state index in [-0.39, 0.29) is 5.54 Å². The van der Waals surface area contributed by atoms with Crippen molar-refractivity contribution in [3.63, 3.8) is 0 Å². The molecule has 1 amide bonds. The average Bonchev–Trinajstić information content (AvgIpc) is 2.04. The van der Waals surface area contributed by atoms with Crippen LogP contribution in [0.4, 0.5) is 0 Å². The molecule has 0 heterocycles. The van der Waals surface area contributed by atoms with Crippen LogP contribution < -0.4 is 5.32 Å². The van der Waals surface area contributed by atoms with Crippen molar-refractivity contribution < 1.29 is 4.79 Å². The maximum atomic E-state index is 10.3. The van der Waals surface area contributed by atoms with Crippen molar-refractivity contribution in [1.29, 1.82) is 0 Å². The number of hydrogen-bond acceptors (Lipinski definition) is 1. The van der Waals surface area contributed by atoms with Gasteiger partial charge in [-0.25, -0.2) is 0 Å². The largest absolute Gasteiger partial charge is 0.353 e. The van der Waals surface area contributed by atoms with E-state index in [0.717, 1.165) is 12.8 Å². The molecular formula is C11H15NO. The van der Waals surface area contributed by atoms with E-state index in [1.54, 1.807) is 0 Å². The first-order valence-corrected chi connectivity index (χ1v) is 4.39. The highest BCUT2D eigenvalue weighted by molar-refractivity contribution is 5.47. The second-order valence-corrected chi connectivity index (χ2v) is 3.81. The van der Waals surface area contributed by atoms with Gasteiger partial charge in [0, 0.05) is 5.54 Å².